The van der Waals surface area contributed by atoms with Crippen molar-refractivity contribution < 1.29 is 31.8 Å². The Morgan fingerprint density at radius 2 is 1.88 bits per heavy atom. The van der Waals surface area contributed by atoms with E-state index < -0.39 is 24.6 Å². The standard InChI is InChI=1S/C23H23F4N3O3/c1-14-15(12-24)4-3-5-16(14)13-30-19-11-17(29-6-8-33-9-7-29)10-18(21(31)32-2)20(19)28-22(30)23(25,26)27/h3-5,10-11H,6-9,12-13H2,1-2H3. The lowest BCUT2D eigenvalue weighted by molar-refractivity contribution is -0.146. The number of ether oxygens (including phenoxy) is 2. The molecule has 1 aromatic heterocycles. The second-order valence-electron chi connectivity index (χ2n) is 7.81. The molecule has 6 nitrogen and oxygen atoms in total. The van der Waals surface area contributed by atoms with Gasteiger partial charge in [-0.2, -0.15) is 13.2 Å². The Balaban J connectivity index is 1.96. The van der Waals surface area contributed by atoms with Crippen molar-refractivity contribution >= 4 is 22.7 Å². The van der Waals surface area contributed by atoms with Crippen molar-refractivity contribution in [1.29, 1.82) is 0 Å². The number of anilines is 1. The Morgan fingerprint density at radius 1 is 1.18 bits per heavy atom. The van der Waals surface area contributed by atoms with Crippen LogP contribution < -0.4 is 4.90 Å². The molecule has 0 bridgehead atoms. The summed E-state index contributed by atoms with van der Waals surface area (Å²) >= 11 is 0. The summed E-state index contributed by atoms with van der Waals surface area (Å²) in [7, 11) is 1.17. The summed E-state index contributed by atoms with van der Waals surface area (Å²) in [5, 5.41) is 0. The Hall–Kier alpha value is -3.14. The summed E-state index contributed by atoms with van der Waals surface area (Å²) in [6, 6.07) is 7.98. The first kappa shape index (κ1) is 23.0. The van der Waals surface area contributed by atoms with Gasteiger partial charge in [-0.15, -0.1) is 0 Å². The number of methoxy groups -OCH3 is 1. The van der Waals surface area contributed by atoms with Gasteiger partial charge >= 0.3 is 12.1 Å². The van der Waals surface area contributed by atoms with Gasteiger partial charge in [-0.1, -0.05) is 18.2 Å². The maximum atomic E-state index is 14.0. The van der Waals surface area contributed by atoms with Gasteiger partial charge in [0.25, 0.3) is 0 Å². The van der Waals surface area contributed by atoms with E-state index in [2.05, 4.69) is 4.98 Å². The van der Waals surface area contributed by atoms with Crippen LogP contribution in [-0.4, -0.2) is 48.9 Å². The van der Waals surface area contributed by atoms with Gasteiger partial charge in [-0.3, -0.25) is 0 Å². The molecule has 0 unspecified atom stereocenters. The van der Waals surface area contributed by atoms with E-state index in [1.165, 1.54) is 13.2 Å². The quantitative estimate of drug-likeness (QED) is 0.410. The Labute approximate surface area is 187 Å². The van der Waals surface area contributed by atoms with Gasteiger partial charge in [0.15, 0.2) is 0 Å². The zero-order chi connectivity index (χ0) is 23.8. The molecule has 0 amide bonds. The number of halogens is 4. The molecule has 0 atom stereocenters. The number of rotatable bonds is 5. The number of imidazole rings is 1. The number of fused-ring (bicyclic) bond motifs is 1. The highest BCUT2D eigenvalue weighted by Gasteiger charge is 2.39. The Morgan fingerprint density at radius 3 is 2.52 bits per heavy atom. The zero-order valence-corrected chi connectivity index (χ0v) is 18.2. The molecule has 2 heterocycles. The van der Waals surface area contributed by atoms with E-state index in [4.69, 9.17) is 9.47 Å². The van der Waals surface area contributed by atoms with E-state index >= 15 is 0 Å². The molecule has 176 valence electrons. The number of alkyl halides is 4. The molecule has 10 heteroatoms. The van der Waals surface area contributed by atoms with Crippen LogP contribution in [0.3, 0.4) is 0 Å². The summed E-state index contributed by atoms with van der Waals surface area (Å²) in [6.45, 7) is 2.77. The average Bonchev–Trinajstić information content (AvgIpc) is 3.18. The van der Waals surface area contributed by atoms with Crippen molar-refractivity contribution in [3.8, 4) is 0 Å². The summed E-state index contributed by atoms with van der Waals surface area (Å²) in [6.07, 6.45) is -4.77. The van der Waals surface area contributed by atoms with E-state index in [0.717, 1.165) is 4.57 Å². The van der Waals surface area contributed by atoms with Gasteiger partial charge in [-0.25, -0.2) is 14.2 Å². The summed E-state index contributed by atoms with van der Waals surface area (Å²) in [5.41, 5.74) is 2.11. The number of aromatic nitrogens is 2. The van der Waals surface area contributed by atoms with Gasteiger partial charge in [0.1, 0.15) is 12.2 Å². The average molecular weight is 465 g/mol. The predicted octanol–water partition coefficient (Wildman–Crippen LogP) is 4.50. The van der Waals surface area contributed by atoms with E-state index in [9.17, 15) is 22.4 Å². The smallest absolute Gasteiger partial charge is 0.449 e. The summed E-state index contributed by atoms with van der Waals surface area (Å²) in [4.78, 5) is 18.3. The lowest BCUT2D eigenvalue weighted by atomic mass is 10.0. The molecule has 33 heavy (non-hydrogen) atoms. The molecular formula is C23H23F4N3O3. The molecule has 0 radical (unpaired) electrons. The highest BCUT2D eigenvalue weighted by atomic mass is 19.4. The predicted molar refractivity (Wildman–Crippen MR) is 114 cm³/mol. The number of hydrogen-bond acceptors (Lipinski definition) is 5. The van der Waals surface area contributed by atoms with Crippen LogP contribution in [0, 0.1) is 6.92 Å². The fourth-order valence-electron chi connectivity index (χ4n) is 4.08. The van der Waals surface area contributed by atoms with E-state index in [-0.39, 0.29) is 23.1 Å². The van der Waals surface area contributed by atoms with Crippen molar-refractivity contribution in [2.24, 2.45) is 0 Å². The molecule has 0 saturated carbocycles. The number of hydrogen-bond donors (Lipinski definition) is 0. The first-order valence-electron chi connectivity index (χ1n) is 10.4. The van der Waals surface area contributed by atoms with Crippen LogP contribution in [0.1, 0.15) is 32.9 Å². The monoisotopic (exact) mass is 465 g/mol. The molecule has 1 aliphatic heterocycles. The molecular weight excluding hydrogens is 442 g/mol. The van der Waals surface area contributed by atoms with Gasteiger partial charge in [0, 0.05) is 25.3 Å². The Bertz CT molecular complexity index is 1180. The van der Waals surface area contributed by atoms with Gasteiger partial charge < -0.3 is 18.9 Å². The fourth-order valence-corrected chi connectivity index (χ4v) is 4.08. The van der Waals surface area contributed by atoms with Crippen LogP contribution in [0.15, 0.2) is 30.3 Å². The fraction of sp³-hybridized carbons (Fsp3) is 0.391. The highest BCUT2D eigenvalue weighted by molar-refractivity contribution is 6.04. The topological polar surface area (TPSA) is 56.6 Å². The minimum Gasteiger partial charge on any atom is -0.465 e. The van der Waals surface area contributed by atoms with Gasteiger partial charge in [-0.05, 0) is 35.7 Å². The highest BCUT2D eigenvalue weighted by Crippen LogP contribution is 2.36. The summed E-state index contributed by atoms with van der Waals surface area (Å²) < 4.78 is 66.6. The number of nitrogens with zero attached hydrogens (tertiary/aromatic N) is 3. The van der Waals surface area contributed by atoms with Crippen LogP contribution in [0.5, 0.6) is 0 Å². The first-order valence-corrected chi connectivity index (χ1v) is 10.4. The molecule has 1 saturated heterocycles. The largest absolute Gasteiger partial charge is 0.465 e. The minimum atomic E-state index is -4.77. The van der Waals surface area contributed by atoms with E-state index in [1.807, 2.05) is 4.90 Å². The molecule has 0 aliphatic carbocycles. The minimum absolute atomic E-state index is 0.0463. The van der Waals surface area contributed by atoms with Crippen LogP contribution in [0.25, 0.3) is 11.0 Å². The maximum Gasteiger partial charge on any atom is 0.449 e. The zero-order valence-electron chi connectivity index (χ0n) is 18.2. The lowest BCUT2D eigenvalue weighted by Crippen LogP contribution is -2.36. The molecule has 1 fully saturated rings. The van der Waals surface area contributed by atoms with Crippen LogP contribution in [0.2, 0.25) is 0 Å². The van der Waals surface area contributed by atoms with Gasteiger partial charge in [0.05, 0.1) is 31.4 Å². The summed E-state index contributed by atoms with van der Waals surface area (Å²) in [5.74, 6) is -1.91. The third-order valence-corrected chi connectivity index (χ3v) is 5.90. The second kappa shape index (κ2) is 9.01. The maximum absolute atomic E-state index is 14.0. The number of benzene rings is 2. The van der Waals surface area contributed by atoms with Gasteiger partial charge in [0.2, 0.25) is 5.82 Å². The number of esters is 1. The third kappa shape index (κ3) is 4.39. The lowest BCUT2D eigenvalue weighted by Gasteiger charge is -2.29. The second-order valence-corrected chi connectivity index (χ2v) is 7.81. The van der Waals surface area contributed by atoms with Crippen LogP contribution >= 0.6 is 0 Å². The first-order chi connectivity index (χ1) is 15.7. The van der Waals surface area contributed by atoms with Crippen molar-refractivity contribution in [2.45, 2.75) is 26.3 Å². The molecule has 2 aromatic carbocycles. The normalized spacial score (nSPS) is 14.7. The molecule has 3 aromatic rings. The van der Waals surface area contributed by atoms with Crippen molar-refractivity contribution in [2.75, 3.05) is 38.3 Å². The van der Waals surface area contributed by atoms with E-state index in [0.29, 0.717) is 48.7 Å². The van der Waals surface area contributed by atoms with Crippen LogP contribution in [-0.2, 0) is 28.9 Å². The van der Waals surface area contributed by atoms with Crippen LogP contribution in [0.4, 0.5) is 23.2 Å². The van der Waals surface area contributed by atoms with E-state index in [1.54, 1.807) is 31.2 Å². The van der Waals surface area contributed by atoms with Crippen molar-refractivity contribution in [1.82, 2.24) is 9.55 Å². The Kier molecular flexibility index (Phi) is 6.29. The molecule has 4 rings (SSSR count). The molecule has 0 spiro atoms. The van der Waals surface area contributed by atoms with Crippen molar-refractivity contribution in [3.63, 3.8) is 0 Å². The van der Waals surface area contributed by atoms with Crippen molar-refractivity contribution in [3.05, 3.63) is 58.4 Å². The number of carbonyl (C=O) groups excluding carboxylic acids is 1. The number of morpholine rings is 1. The third-order valence-electron chi connectivity index (χ3n) is 5.90. The number of carbonyl (C=O) groups is 1. The molecule has 0 N–H and O–H groups in total. The SMILES string of the molecule is COC(=O)c1cc(N2CCOCC2)cc2c1nc(C(F)(F)F)n2Cc1cccc(CF)c1C. The molecule has 1 aliphatic rings.